The van der Waals surface area contributed by atoms with Gasteiger partial charge in [-0.1, -0.05) is 32.0 Å². The van der Waals surface area contributed by atoms with Gasteiger partial charge in [-0.15, -0.1) is 11.8 Å². The maximum absolute atomic E-state index is 12.8. The van der Waals surface area contributed by atoms with E-state index in [4.69, 9.17) is 0 Å². The predicted octanol–water partition coefficient (Wildman–Crippen LogP) is 3.59. The summed E-state index contributed by atoms with van der Waals surface area (Å²) >= 11 is 1.73. The molecular weight excluding hydrogens is 308 g/mol. The normalized spacial score (nSPS) is 27.9. The molecule has 4 nitrogen and oxygen atoms in total. The van der Waals surface area contributed by atoms with E-state index >= 15 is 0 Å². The molecule has 2 aliphatic heterocycles. The molecule has 0 spiro atoms. The monoisotopic (exact) mass is 332 g/mol. The van der Waals surface area contributed by atoms with Gasteiger partial charge in [0.1, 0.15) is 6.04 Å². The molecule has 5 heteroatoms. The van der Waals surface area contributed by atoms with Crippen molar-refractivity contribution in [3.05, 3.63) is 29.8 Å². The first kappa shape index (κ1) is 16.4. The molecule has 2 saturated heterocycles. The van der Waals surface area contributed by atoms with Gasteiger partial charge < -0.3 is 10.2 Å². The minimum Gasteiger partial charge on any atom is -0.324 e. The van der Waals surface area contributed by atoms with Gasteiger partial charge in [-0.25, -0.2) is 0 Å². The molecule has 0 aliphatic carbocycles. The Hall–Kier alpha value is -1.49. The minimum absolute atomic E-state index is 0.0628. The number of nitrogens with one attached hydrogen (secondary N) is 1. The van der Waals surface area contributed by atoms with Crippen molar-refractivity contribution in [1.82, 2.24) is 4.90 Å². The number of benzene rings is 1. The second kappa shape index (κ2) is 6.19. The molecule has 3 rings (SSSR count). The van der Waals surface area contributed by atoms with Crippen LogP contribution in [0.3, 0.4) is 0 Å². The number of amides is 2. The average Bonchev–Trinajstić information content (AvgIpc) is 3.04. The zero-order valence-electron chi connectivity index (χ0n) is 14.0. The lowest BCUT2D eigenvalue weighted by Gasteiger charge is -2.30. The van der Waals surface area contributed by atoms with Crippen molar-refractivity contribution in [1.29, 1.82) is 0 Å². The van der Waals surface area contributed by atoms with Gasteiger partial charge >= 0.3 is 0 Å². The summed E-state index contributed by atoms with van der Waals surface area (Å²) in [6.45, 7) is 6.38. The number of carbonyl (C=O) groups is 2. The Labute approximate surface area is 142 Å². The number of nitrogens with zero attached hydrogens (tertiary/aromatic N) is 1. The molecule has 0 unspecified atom stereocenters. The molecule has 0 radical (unpaired) electrons. The van der Waals surface area contributed by atoms with Crippen LogP contribution in [0.2, 0.25) is 0 Å². The number of fused-ring (bicyclic) bond motifs is 1. The molecule has 2 heterocycles. The molecule has 3 atom stereocenters. The summed E-state index contributed by atoms with van der Waals surface area (Å²) in [5, 5.41) is 3.07. The number of thioether (sulfide) groups is 1. The van der Waals surface area contributed by atoms with Crippen LogP contribution < -0.4 is 5.32 Å². The van der Waals surface area contributed by atoms with Crippen LogP contribution in [0.4, 0.5) is 5.69 Å². The van der Waals surface area contributed by atoms with Crippen molar-refractivity contribution in [3.63, 3.8) is 0 Å². The Balaban J connectivity index is 1.79. The van der Waals surface area contributed by atoms with Crippen molar-refractivity contribution in [3.8, 4) is 0 Å². The molecule has 1 aromatic carbocycles. The van der Waals surface area contributed by atoms with Crippen LogP contribution in [0, 0.1) is 0 Å². The lowest BCUT2D eigenvalue weighted by Crippen LogP contribution is -2.48. The lowest BCUT2D eigenvalue weighted by molar-refractivity contribution is -0.135. The molecule has 2 amide bonds. The highest BCUT2D eigenvalue weighted by Crippen LogP contribution is 2.47. The lowest BCUT2D eigenvalue weighted by atomic mass is 9.97. The summed E-state index contributed by atoms with van der Waals surface area (Å²) in [4.78, 5) is 26.6. The van der Waals surface area contributed by atoms with Gasteiger partial charge in [0.15, 0.2) is 0 Å². The van der Waals surface area contributed by atoms with Crippen LogP contribution in [0.25, 0.3) is 0 Å². The van der Waals surface area contributed by atoms with E-state index in [0.717, 1.165) is 24.1 Å². The standard InChI is InChI=1S/C18H24N2O2S/c1-4-12(2)13-7-5-6-8-14(13)19-17(22)15-11-23-18(3)10-9-16(21)20(15)18/h5-8,12,15H,4,9-11H2,1-3H3,(H,19,22)/t12-,15+,18-/m0/s1. The van der Waals surface area contributed by atoms with E-state index in [1.54, 1.807) is 16.7 Å². The Morgan fingerprint density at radius 2 is 2.22 bits per heavy atom. The summed E-state index contributed by atoms with van der Waals surface area (Å²) in [5.41, 5.74) is 2.03. The quantitative estimate of drug-likeness (QED) is 0.916. The second-order valence-electron chi connectivity index (χ2n) is 6.65. The summed E-state index contributed by atoms with van der Waals surface area (Å²) < 4.78 is 0. The maximum atomic E-state index is 12.8. The third-order valence-corrected chi connectivity index (χ3v) is 6.61. The zero-order valence-corrected chi connectivity index (χ0v) is 14.8. The number of para-hydroxylation sites is 1. The Bertz CT molecular complexity index is 633. The van der Waals surface area contributed by atoms with Crippen molar-refractivity contribution >= 4 is 29.3 Å². The molecule has 0 aromatic heterocycles. The Kier molecular flexibility index (Phi) is 4.41. The highest BCUT2D eigenvalue weighted by Gasteiger charge is 2.52. The van der Waals surface area contributed by atoms with Gasteiger partial charge in [-0.05, 0) is 37.3 Å². The SMILES string of the molecule is CC[C@H](C)c1ccccc1NC(=O)[C@H]1CS[C@@]2(C)CCC(=O)N12. The summed E-state index contributed by atoms with van der Waals surface area (Å²) in [5.74, 6) is 1.11. The third-order valence-electron chi connectivity index (χ3n) is 5.11. The zero-order chi connectivity index (χ0) is 16.6. The van der Waals surface area contributed by atoms with Crippen LogP contribution in [0.1, 0.15) is 51.5 Å². The van der Waals surface area contributed by atoms with Gasteiger partial charge in [0, 0.05) is 17.9 Å². The summed E-state index contributed by atoms with van der Waals surface area (Å²) in [6, 6.07) is 7.61. The first-order valence-electron chi connectivity index (χ1n) is 8.32. The highest BCUT2D eigenvalue weighted by atomic mass is 32.2. The van der Waals surface area contributed by atoms with Crippen LogP contribution in [-0.4, -0.2) is 33.4 Å². The Morgan fingerprint density at radius 1 is 1.48 bits per heavy atom. The fraction of sp³-hybridized carbons (Fsp3) is 0.556. The molecule has 2 aliphatic rings. The van der Waals surface area contributed by atoms with E-state index in [1.807, 2.05) is 18.2 Å². The van der Waals surface area contributed by atoms with E-state index in [2.05, 4.69) is 32.2 Å². The fourth-order valence-electron chi connectivity index (χ4n) is 3.49. The van der Waals surface area contributed by atoms with Crippen LogP contribution in [0.5, 0.6) is 0 Å². The molecule has 0 saturated carbocycles. The molecular formula is C18H24N2O2S. The molecule has 124 valence electrons. The smallest absolute Gasteiger partial charge is 0.248 e. The van der Waals surface area contributed by atoms with Crippen molar-refractivity contribution in [2.24, 2.45) is 0 Å². The van der Waals surface area contributed by atoms with Crippen LogP contribution >= 0.6 is 11.8 Å². The first-order valence-corrected chi connectivity index (χ1v) is 9.30. The van der Waals surface area contributed by atoms with Crippen molar-refractivity contribution in [2.75, 3.05) is 11.1 Å². The van der Waals surface area contributed by atoms with E-state index in [9.17, 15) is 9.59 Å². The highest BCUT2D eigenvalue weighted by molar-refractivity contribution is 8.01. The molecule has 1 N–H and O–H groups in total. The second-order valence-corrected chi connectivity index (χ2v) is 8.15. The van der Waals surface area contributed by atoms with Gasteiger partial charge in [-0.2, -0.15) is 0 Å². The number of carbonyl (C=O) groups excluding carboxylic acids is 2. The van der Waals surface area contributed by atoms with Crippen molar-refractivity contribution < 1.29 is 9.59 Å². The number of anilines is 1. The van der Waals surface area contributed by atoms with Gasteiger partial charge in [0.25, 0.3) is 0 Å². The van der Waals surface area contributed by atoms with Gasteiger partial charge in [0.05, 0.1) is 4.87 Å². The van der Waals surface area contributed by atoms with E-state index < -0.39 is 0 Å². The Morgan fingerprint density at radius 3 is 2.96 bits per heavy atom. The average molecular weight is 332 g/mol. The number of hydrogen-bond acceptors (Lipinski definition) is 3. The van der Waals surface area contributed by atoms with E-state index in [1.165, 1.54) is 0 Å². The number of rotatable bonds is 4. The maximum Gasteiger partial charge on any atom is 0.248 e. The van der Waals surface area contributed by atoms with Crippen LogP contribution in [0.15, 0.2) is 24.3 Å². The molecule has 23 heavy (non-hydrogen) atoms. The first-order chi connectivity index (χ1) is 11.0. The van der Waals surface area contributed by atoms with Gasteiger partial charge in [0.2, 0.25) is 11.8 Å². The van der Waals surface area contributed by atoms with E-state index in [0.29, 0.717) is 18.1 Å². The summed E-state index contributed by atoms with van der Waals surface area (Å²) in [6.07, 6.45) is 2.41. The van der Waals surface area contributed by atoms with E-state index in [-0.39, 0.29) is 22.7 Å². The number of hydrogen-bond donors (Lipinski definition) is 1. The third kappa shape index (κ3) is 2.87. The van der Waals surface area contributed by atoms with Crippen LogP contribution in [-0.2, 0) is 9.59 Å². The topological polar surface area (TPSA) is 49.4 Å². The minimum atomic E-state index is -0.356. The largest absolute Gasteiger partial charge is 0.324 e. The molecule has 0 bridgehead atoms. The fourth-order valence-corrected chi connectivity index (χ4v) is 4.92. The molecule has 2 fully saturated rings. The predicted molar refractivity (Wildman–Crippen MR) is 94.5 cm³/mol. The summed E-state index contributed by atoms with van der Waals surface area (Å²) in [7, 11) is 0. The van der Waals surface area contributed by atoms with Gasteiger partial charge in [-0.3, -0.25) is 9.59 Å². The molecule has 1 aromatic rings. The van der Waals surface area contributed by atoms with Crippen molar-refractivity contribution in [2.45, 2.75) is 56.9 Å².